The van der Waals surface area contributed by atoms with Crippen molar-refractivity contribution in [3.63, 3.8) is 0 Å². The van der Waals surface area contributed by atoms with Crippen LogP contribution in [-0.2, 0) is 16.5 Å². The van der Waals surface area contributed by atoms with Crippen molar-refractivity contribution in [3.8, 4) is 0 Å². The summed E-state index contributed by atoms with van der Waals surface area (Å²) in [5.41, 5.74) is 4.27. The van der Waals surface area contributed by atoms with Crippen LogP contribution in [0.15, 0.2) is 12.1 Å². The Labute approximate surface area is 92.1 Å². The van der Waals surface area contributed by atoms with Crippen LogP contribution in [-0.4, -0.2) is 11.1 Å². The van der Waals surface area contributed by atoms with E-state index in [-0.39, 0.29) is 6.42 Å². The van der Waals surface area contributed by atoms with Crippen molar-refractivity contribution in [1.29, 1.82) is 0 Å². The SMILES string of the molecule is Cc1cc(C)c(CBr)c(CC(=O)O)c1. The maximum atomic E-state index is 10.6. The Morgan fingerprint density at radius 2 is 2.07 bits per heavy atom. The summed E-state index contributed by atoms with van der Waals surface area (Å²) in [5, 5.41) is 9.46. The molecule has 2 nitrogen and oxygen atoms in total. The number of aliphatic carboxylic acids is 1. The van der Waals surface area contributed by atoms with E-state index >= 15 is 0 Å². The van der Waals surface area contributed by atoms with Crippen LogP contribution in [0.1, 0.15) is 22.3 Å². The summed E-state index contributed by atoms with van der Waals surface area (Å²) in [7, 11) is 0. The molecule has 0 aliphatic rings. The summed E-state index contributed by atoms with van der Waals surface area (Å²) >= 11 is 3.38. The lowest BCUT2D eigenvalue weighted by molar-refractivity contribution is -0.136. The zero-order valence-corrected chi connectivity index (χ0v) is 9.89. The molecule has 0 fully saturated rings. The fourth-order valence-electron chi connectivity index (χ4n) is 1.60. The van der Waals surface area contributed by atoms with E-state index in [9.17, 15) is 4.79 Å². The van der Waals surface area contributed by atoms with Crippen molar-refractivity contribution in [2.75, 3.05) is 0 Å². The largest absolute Gasteiger partial charge is 0.481 e. The van der Waals surface area contributed by atoms with Crippen LogP contribution in [0.2, 0.25) is 0 Å². The molecular formula is C11H13BrO2. The smallest absolute Gasteiger partial charge is 0.307 e. The van der Waals surface area contributed by atoms with E-state index in [0.717, 1.165) is 22.3 Å². The lowest BCUT2D eigenvalue weighted by Gasteiger charge is -2.10. The molecule has 1 rings (SSSR count). The standard InChI is InChI=1S/C11H13BrO2/c1-7-3-8(2)10(6-12)9(4-7)5-11(13)14/h3-4H,5-6H2,1-2H3,(H,13,14). The zero-order valence-electron chi connectivity index (χ0n) is 8.30. The molecule has 0 spiro atoms. The van der Waals surface area contributed by atoms with E-state index < -0.39 is 5.97 Å². The quantitative estimate of drug-likeness (QED) is 0.845. The molecule has 1 aromatic rings. The summed E-state index contributed by atoms with van der Waals surface area (Å²) in [5.74, 6) is -0.780. The van der Waals surface area contributed by atoms with E-state index in [0.29, 0.717) is 5.33 Å². The van der Waals surface area contributed by atoms with Gasteiger partial charge in [-0.15, -0.1) is 0 Å². The number of halogens is 1. The van der Waals surface area contributed by atoms with Gasteiger partial charge in [0.05, 0.1) is 6.42 Å². The van der Waals surface area contributed by atoms with Crippen molar-refractivity contribution in [3.05, 3.63) is 34.4 Å². The molecule has 0 radical (unpaired) electrons. The molecule has 1 aromatic carbocycles. The molecule has 0 aliphatic heterocycles. The maximum Gasteiger partial charge on any atom is 0.307 e. The Bertz CT molecular complexity index is 359. The average Bonchev–Trinajstić information content (AvgIpc) is 2.01. The highest BCUT2D eigenvalue weighted by Gasteiger charge is 2.08. The molecule has 1 N–H and O–H groups in total. The van der Waals surface area contributed by atoms with Crippen LogP contribution in [0.3, 0.4) is 0 Å². The van der Waals surface area contributed by atoms with Gasteiger partial charge in [-0.1, -0.05) is 33.6 Å². The molecule has 0 unspecified atom stereocenters. The Kier molecular flexibility index (Phi) is 3.69. The predicted octanol–water partition coefficient (Wildman–Crippen LogP) is 2.83. The van der Waals surface area contributed by atoms with Gasteiger partial charge in [-0.2, -0.15) is 0 Å². The zero-order chi connectivity index (χ0) is 10.7. The Hall–Kier alpha value is -0.830. The van der Waals surface area contributed by atoms with Crippen LogP contribution in [0.4, 0.5) is 0 Å². The fraction of sp³-hybridized carbons (Fsp3) is 0.364. The molecule has 0 heterocycles. The molecule has 0 aliphatic carbocycles. The molecular weight excluding hydrogens is 244 g/mol. The molecule has 14 heavy (non-hydrogen) atoms. The second-order valence-electron chi connectivity index (χ2n) is 3.42. The van der Waals surface area contributed by atoms with Gasteiger partial charge in [0.1, 0.15) is 0 Å². The van der Waals surface area contributed by atoms with Gasteiger partial charge in [0.25, 0.3) is 0 Å². The van der Waals surface area contributed by atoms with Gasteiger partial charge < -0.3 is 5.11 Å². The van der Waals surface area contributed by atoms with Crippen molar-refractivity contribution in [1.82, 2.24) is 0 Å². The molecule has 0 saturated carbocycles. The molecule has 3 heteroatoms. The summed E-state index contributed by atoms with van der Waals surface area (Å²) in [4.78, 5) is 10.6. The molecule has 0 aromatic heterocycles. The highest BCUT2D eigenvalue weighted by Crippen LogP contribution is 2.20. The monoisotopic (exact) mass is 256 g/mol. The predicted molar refractivity (Wildman–Crippen MR) is 59.9 cm³/mol. The third kappa shape index (κ3) is 2.58. The lowest BCUT2D eigenvalue weighted by Crippen LogP contribution is -2.04. The summed E-state index contributed by atoms with van der Waals surface area (Å²) in [6.45, 7) is 3.99. The van der Waals surface area contributed by atoms with Crippen LogP contribution in [0.5, 0.6) is 0 Å². The second kappa shape index (κ2) is 4.60. The number of hydrogen-bond acceptors (Lipinski definition) is 1. The van der Waals surface area contributed by atoms with E-state index in [1.165, 1.54) is 0 Å². The minimum atomic E-state index is -0.780. The first-order chi connectivity index (χ1) is 6.54. The molecule has 0 amide bonds. The van der Waals surface area contributed by atoms with Gasteiger partial charge in [0, 0.05) is 5.33 Å². The van der Waals surface area contributed by atoms with Crippen LogP contribution >= 0.6 is 15.9 Å². The Morgan fingerprint density at radius 3 is 2.57 bits per heavy atom. The summed E-state index contributed by atoms with van der Waals surface area (Å²) in [6.07, 6.45) is 0.101. The third-order valence-corrected chi connectivity index (χ3v) is 2.75. The van der Waals surface area contributed by atoms with E-state index in [1.54, 1.807) is 0 Å². The number of alkyl halides is 1. The molecule has 0 saturated heterocycles. The average molecular weight is 257 g/mol. The first kappa shape index (κ1) is 11.2. The fourth-order valence-corrected chi connectivity index (χ4v) is 2.40. The van der Waals surface area contributed by atoms with Crippen molar-refractivity contribution < 1.29 is 9.90 Å². The van der Waals surface area contributed by atoms with Crippen molar-refractivity contribution in [2.45, 2.75) is 25.6 Å². The maximum absolute atomic E-state index is 10.6. The molecule has 76 valence electrons. The van der Waals surface area contributed by atoms with Gasteiger partial charge in [-0.25, -0.2) is 0 Å². The Balaban J connectivity index is 3.17. The highest BCUT2D eigenvalue weighted by molar-refractivity contribution is 9.08. The number of rotatable bonds is 3. The third-order valence-electron chi connectivity index (χ3n) is 2.19. The first-order valence-electron chi connectivity index (χ1n) is 4.41. The molecule has 0 atom stereocenters. The van der Waals surface area contributed by atoms with Gasteiger partial charge in [0.15, 0.2) is 0 Å². The minimum Gasteiger partial charge on any atom is -0.481 e. The van der Waals surface area contributed by atoms with E-state index in [4.69, 9.17) is 5.11 Å². The second-order valence-corrected chi connectivity index (χ2v) is 3.98. The summed E-state index contributed by atoms with van der Waals surface area (Å²) in [6, 6.07) is 4.01. The van der Waals surface area contributed by atoms with Gasteiger partial charge in [0.2, 0.25) is 0 Å². The van der Waals surface area contributed by atoms with Crippen molar-refractivity contribution >= 4 is 21.9 Å². The van der Waals surface area contributed by atoms with Crippen molar-refractivity contribution in [2.24, 2.45) is 0 Å². The van der Waals surface area contributed by atoms with Gasteiger partial charge >= 0.3 is 5.97 Å². The highest BCUT2D eigenvalue weighted by atomic mass is 79.9. The normalized spacial score (nSPS) is 10.2. The van der Waals surface area contributed by atoms with Gasteiger partial charge in [-0.3, -0.25) is 4.79 Å². The van der Waals surface area contributed by atoms with Gasteiger partial charge in [-0.05, 0) is 30.5 Å². The number of hydrogen-bond donors (Lipinski definition) is 1. The van der Waals surface area contributed by atoms with E-state index in [2.05, 4.69) is 22.0 Å². The Morgan fingerprint density at radius 1 is 1.43 bits per heavy atom. The van der Waals surface area contributed by atoms with Crippen LogP contribution in [0.25, 0.3) is 0 Å². The number of carboxylic acids is 1. The van der Waals surface area contributed by atoms with E-state index in [1.807, 2.05) is 19.9 Å². The lowest BCUT2D eigenvalue weighted by atomic mass is 9.98. The number of aryl methyl sites for hydroxylation is 2. The molecule has 0 bridgehead atoms. The van der Waals surface area contributed by atoms with Crippen LogP contribution in [0, 0.1) is 13.8 Å². The number of carboxylic acid groups (broad SMARTS) is 1. The number of carbonyl (C=O) groups is 1. The summed E-state index contributed by atoms with van der Waals surface area (Å²) < 4.78 is 0. The first-order valence-corrected chi connectivity index (χ1v) is 5.53. The topological polar surface area (TPSA) is 37.3 Å². The van der Waals surface area contributed by atoms with Crippen LogP contribution < -0.4 is 0 Å². The minimum absolute atomic E-state index is 0.101. The number of benzene rings is 1.